The van der Waals surface area contributed by atoms with Crippen LogP contribution < -0.4 is 0 Å². The van der Waals surface area contributed by atoms with E-state index in [0.717, 1.165) is 23.7 Å². The molecule has 0 aliphatic heterocycles. The maximum atomic E-state index is 10.7. The van der Waals surface area contributed by atoms with Gasteiger partial charge in [0.05, 0.1) is 5.92 Å². The standard InChI is InChI=1S/C16H11Cl3O2/c17-16(18,19)15(13-5-1-11(9-20)2-6-13)14-7-3-12(10-21)4-8-14/h1-10,15H. The summed E-state index contributed by atoms with van der Waals surface area (Å²) in [4.78, 5) is 21.4. The van der Waals surface area contributed by atoms with Crippen LogP contribution in [0.15, 0.2) is 48.5 Å². The normalized spacial score (nSPS) is 11.4. The molecule has 2 aromatic rings. The highest BCUT2D eigenvalue weighted by Crippen LogP contribution is 2.45. The zero-order chi connectivity index (χ0) is 15.5. The molecule has 0 aliphatic carbocycles. The Labute approximate surface area is 137 Å². The van der Waals surface area contributed by atoms with Crippen molar-refractivity contribution in [2.45, 2.75) is 9.71 Å². The predicted octanol–water partition coefficient (Wildman–Crippen LogP) is 4.81. The van der Waals surface area contributed by atoms with Crippen molar-refractivity contribution in [2.75, 3.05) is 0 Å². The van der Waals surface area contributed by atoms with E-state index < -0.39 is 9.71 Å². The molecular weight excluding hydrogens is 331 g/mol. The van der Waals surface area contributed by atoms with Gasteiger partial charge in [-0.3, -0.25) is 9.59 Å². The lowest BCUT2D eigenvalue weighted by atomic mass is 9.91. The molecule has 0 saturated heterocycles. The molecule has 2 rings (SSSR count). The molecule has 0 heterocycles. The molecule has 5 heteroatoms. The van der Waals surface area contributed by atoms with E-state index in [4.69, 9.17) is 34.8 Å². The number of hydrogen-bond donors (Lipinski definition) is 0. The molecule has 0 unspecified atom stereocenters. The lowest BCUT2D eigenvalue weighted by Gasteiger charge is -2.25. The largest absolute Gasteiger partial charge is 0.298 e. The van der Waals surface area contributed by atoms with Gasteiger partial charge in [-0.15, -0.1) is 0 Å². The van der Waals surface area contributed by atoms with Crippen molar-refractivity contribution in [3.63, 3.8) is 0 Å². The van der Waals surface area contributed by atoms with E-state index >= 15 is 0 Å². The molecule has 0 amide bonds. The van der Waals surface area contributed by atoms with Crippen molar-refractivity contribution in [3.8, 4) is 0 Å². The lowest BCUT2D eigenvalue weighted by molar-refractivity contribution is 0.111. The topological polar surface area (TPSA) is 34.1 Å². The number of rotatable bonds is 4. The molecule has 0 saturated carbocycles. The molecule has 0 aliphatic rings. The maximum absolute atomic E-state index is 10.7. The first kappa shape index (κ1) is 16.0. The minimum atomic E-state index is -1.55. The summed E-state index contributed by atoms with van der Waals surface area (Å²) >= 11 is 18.3. The summed E-state index contributed by atoms with van der Waals surface area (Å²) in [6.45, 7) is 0. The Kier molecular flexibility index (Phi) is 5.04. The van der Waals surface area contributed by atoms with E-state index in [0.29, 0.717) is 11.1 Å². The summed E-state index contributed by atoms with van der Waals surface area (Å²) in [5.41, 5.74) is 2.66. The average Bonchev–Trinajstić information content (AvgIpc) is 2.47. The summed E-state index contributed by atoms with van der Waals surface area (Å²) in [6.07, 6.45) is 1.51. The molecule has 2 nitrogen and oxygen atoms in total. The number of benzene rings is 2. The van der Waals surface area contributed by atoms with Crippen molar-refractivity contribution in [2.24, 2.45) is 0 Å². The van der Waals surface area contributed by atoms with Crippen LogP contribution in [0.2, 0.25) is 0 Å². The van der Waals surface area contributed by atoms with Crippen molar-refractivity contribution < 1.29 is 9.59 Å². The maximum Gasteiger partial charge on any atom is 0.201 e. The van der Waals surface area contributed by atoms with E-state index in [1.54, 1.807) is 48.5 Å². The monoisotopic (exact) mass is 340 g/mol. The fourth-order valence-corrected chi connectivity index (χ4v) is 2.86. The fraction of sp³-hybridized carbons (Fsp3) is 0.125. The number of carbonyl (C=O) groups is 2. The van der Waals surface area contributed by atoms with Gasteiger partial charge in [-0.25, -0.2) is 0 Å². The zero-order valence-corrected chi connectivity index (χ0v) is 13.1. The number of carbonyl (C=O) groups excluding carboxylic acids is 2. The van der Waals surface area contributed by atoms with Gasteiger partial charge in [-0.1, -0.05) is 83.3 Å². The zero-order valence-electron chi connectivity index (χ0n) is 10.8. The predicted molar refractivity (Wildman–Crippen MR) is 85.8 cm³/mol. The van der Waals surface area contributed by atoms with Crippen molar-refractivity contribution >= 4 is 47.4 Å². The van der Waals surface area contributed by atoms with Crippen LogP contribution in [0.25, 0.3) is 0 Å². The van der Waals surface area contributed by atoms with Gasteiger partial charge in [-0.05, 0) is 11.1 Å². The third-order valence-corrected chi connectivity index (χ3v) is 3.79. The smallest absolute Gasteiger partial charge is 0.201 e. The Bertz CT molecular complexity index is 577. The van der Waals surface area contributed by atoms with E-state index in [9.17, 15) is 9.59 Å². The van der Waals surface area contributed by atoms with Crippen LogP contribution in [-0.4, -0.2) is 16.4 Å². The first-order chi connectivity index (χ1) is 9.95. The number of alkyl halides is 3. The molecule has 2 aromatic carbocycles. The molecule has 0 fully saturated rings. The van der Waals surface area contributed by atoms with Gasteiger partial charge in [0.1, 0.15) is 12.6 Å². The highest BCUT2D eigenvalue weighted by Gasteiger charge is 2.35. The van der Waals surface area contributed by atoms with Crippen LogP contribution in [-0.2, 0) is 0 Å². The summed E-state index contributed by atoms with van der Waals surface area (Å²) in [7, 11) is 0. The molecule has 0 radical (unpaired) electrons. The van der Waals surface area contributed by atoms with E-state index in [1.165, 1.54) is 0 Å². The minimum Gasteiger partial charge on any atom is -0.298 e. The van der Waals surface area contributed by atoms with Gasteiger partial charge in [-0.2, -0.15) is 0 Å². The Morgan fingerprint density at radius 1 is 0.714 bits per heavy atom. The minimum absolute atomic E-state index is 0.496. The van der Waals surface area contributed by atoms with Crippen LogP contribution in [0, 0.1) is 0 Å². The lowest BCUT2D eigenvalue weighted by Crippen LogP contribution is -2.18. The van der Waals surface area contributed by atoms with Gasteiger partial charge in [0.2, 0.25) is 3.79 Å². The number of hydrogen-bond acceptors (Lipinski definition) is 2. The van der Waals surface area contributed by atoms with Crippen LogP contribution in [0.3, 0.4) is 0 Å². The Balaban J connectivity index is 2.46. The van der Waals surface area contributed by atoms with Gasteiger partial charge < -0.3 is 0 Å². The Morgan fingerprint density at radius 2 is 1.05 bits per heavy atom. The van der Waals surface area contributed by atoms with Gasteiger partial charge in [0.15, 0.2) is 0 Å². The van der Waals surface area contributed by atoms with Crippen LogP contribution >= 0.6 is 34.8 Å². The van der Waals surface area contributed by atoms with Crippen molar-refractivity contribution in [1.29, 1.82) is 0 Å². The second-order valence-electron chi connectivity index (χ2n) is 4.54. The second kappa shape index (κ2) is 6.61. The Hall–Kier alpha value is -1.35. The van der Waals surface area contributed by atoms with E-state index in [1.807, 2.05) is 0 Å². The third kappa shape index (κ3) is 3.85. The van der Waals surface area contributed by atoms with Crippen LogP contribution in [0.4, 0.5) is 0 Å². The van der Waals surface area contributed by atoms with Crippen LogP contribution in [0.1, 0.15) is 37.8 Å². The molecule has 108 valence electrons. The molecule has 21 heavy (non-hydrogen) atoms. The third-order valence-electron chi connectivity index (χ3n) is 3.14. The van der Waals surface area contributed by atoms with Crippen LogP contribution in [0.5, 0.6) is 0 Å². The SMILES string of the molecule is O=Cc1ccc(C(c2ccc(C=O)cc2)C(Cl)(Cl)Cl)cc1. The quantitative estimate of drug-likeness (QED) is 0.590. The summed E-state index contributed by atoms with van der Waals surface area (Å²) < 4.78 is -1.55. The molecule has 0 bridgehead atoms. The van der Waals surface area contributed by atoms with Gasteiger partial charge >= 0.3 is 0 Å². The number of aldehydes is 2. The molecule has 0 spiro atoms. The average molecular weight is 342 g/mol. The van der Waals surface area contributed by atoms with Gasteiger partial charge in [0.25, 0.3) is 0 Å². The molecule has 0 atom stereocenters. The molecule has 0 aromatic heterocycles. The summed E-state index contributed by atoms with van der Waals surface area (Å²) in [6, 6.07) is 13.7. The van der Waals surface area contributed by atoms with Crippen molar-refractivity contribution in [3.05, 3.63) is 70.8 Å². The van der Waals surface area contributed by atoms with E-state index in [-0.39, 0.29) is 0 Å². The highest BCUT2D eigenvalue weighted by molar-refractivity contribution is 6.68. The second-order valence-corrected chi connectivity index (χ2v) is 6.91. The Morgan fingerprint density at radius 3 is 1.29 bits per heavy atom. The fourth-order valence-electron chi connectivity index (χ4n) is 2.10. The number of halogens is 3. The molecule has 0 N–H and O–H groups in total. The first-order valence-corrected chi connectivity index (χ1v) is 7.26. The van der Waals surface area contributed by atoms with Crippen molar-refractivity contribution in [1.82, 2.24) is 0 Å². The molecular formula is C16H11Cl3O2. The first-order valence-electron chi connectivity index (χ1n) is 6.12. The summed E-state index contributed by atoms with van der Waals surface area (Å²) in [5.74, 6) is -0.496. The highest BCUT2D eigenvalue weighted by atomic mass is 35.6. The summed E-state index contributed by atoms with van der Waals surface area (Å²) in [5, 5.41) is 0. The van der Waals surface area contributed by atoms with E-state index in [2.05, 4.69) is 0 Å². The van der Waals surface area contributed by atoms with Gasteiger partial charge in [0, 0.05) is 11.1 Å².